The Balaban J connectivity index is 2.59. The van der Waals surface area contributed by atoms with Crippen LogP contribution in [-0.2, 0) is 16.0 Å². The fourth-order valence-electron chi connectivity index (χ4n) is 1.60. The van der Waals surface area contributed by atoms with E-state index in [0.717, 1.165) is 5.56 Å². The first kappa shape index (κ1) is 15.1. The minimum absolute atomic E-state index is 0.0983. The molecule has 0 saturated carbocycles. The van der Waals surface area contributed by atoms with Crippen molar-refractivity contribution in [1.29, 1.82) is 0 Å². The molecule has 0 heterocycles. The fourth-order valence-corrected chi connectivity index (χ4v) is 1.79. The van der Waals surface area contributed by atoms with Crippen LogP contribution < -0.4 is 16.8 Å². The van der Waals surface area contributed by atoms with Gasteiger partial charge in [-0.25, -0.2) is 0 Å². The second-order valence-electron chi connectivity index (χ2n) is 4.15. The lowest BCUT2D eigenvalue weighted by molar-refractivity contribution is -0.123. The zero-order chi connectivity index (χ0) is 14.3. The van der Waals surface area contributed by atoms with Gasteiger partial charge in [-0.15, -0.1) is 0 Å². The molecule has 0 aromatic heterocycles. The predicted octanol–water partition coefficient (Wildman–Crippen LogP) is 0.123. The van der Waals surface area contributed by atoms with Crippen molar-refractivity contribution in [2.75, 3.05) is 6.54 Å². The molecule has 0 fully saturated rings. The number of hydrogen-bond donors (Lipinski definition) is 3. The molecule has 5 nitrogen and oxygen atoms in total. The maximum absolute atomic E-state index is 11.9. The van der Waals surface area contributed by atoms with Crippen LogP contribution in [0, 0.1) is 5.92 Å². The summed E-state index contributed by atoms with van der Waals surface area (Å²) in [7, 11) is 0. The summed E-state index contributed by atoms with van der Waals surface area (Å²) in [6, 6.07) is 9.48. The number of primary amides is 1. The first-order valence-corrected chi connectivity index (χ1v) is 6.30. The second kappa shape index (κ2) is 7.48. The summed E-state index contributed by atoms with van der Waals surface area (Å²) in [6.45, 7) is 0.196. The van der Waals surface area contributed by atoms with E-state index in [1.165, 1.54) is 0 Å². The maximum Gasteiger partial charge on any atom is 0.230 e. The number of nitrogens with two attached hydrogens (primary N) is 2. The number of rotatable bonds is 7. The summed E-state index contributed by atoms with van der Waals surface area (Å²) in [5.41, 5.74) is 11.6. The Bertz CT molecular complexity index is 462. The van der Waals surface area contributed by atoms with E-state index < -0.39 is 11.8 Å². The van der Waals surface area contributed by atoms with Gasteiger partial charge in [0.25, 0.3) is 0 Å². The van der Waals surface area contributed by atoms with E-state index in [1.54, 1.807) is 0 Å². The molecule has 0 aliphatic heterocycles. The molecule has 5 N–H and O–H groups in total. The van der Waals surface area contributed by atoms with Gasteiger partial charge in [-0.3, -0.25) is 9.59 Å². The summed E-state index contributed by atoms with van der Waals surface area (Å²) >= 11 is 4.92. The summed E-state index contributed by atoms with van der Waals surface area (Å²) in [6.07, 6.45) is 0.541. The van der Waals surface area contributed by atoms with Crippen LogP contribution in [-0.4, -0.2) is 23.3 Å². The average Bonchev–Trinajstić information content (AvgIpc) is 2.36. The minimum atomic E-state index is -0.578. The van der Waals surface area contributed by atoms with Gasteiger partial charge in [-0.2, -0.15) is 0 Å². The van der Waals surface area contributed by atoms with Crippen molar-refractivity contribution in [1.82, 2.24) is 5.32 Å². The highest BCUT2D eigenvalue weighted by Crippen LogP contribution is 2.09. The van der Waals surface area contributed by atoms with Gasteiger partial charge in [-0.1, -0.05) is 42.5 Å². The van der Waals surface area contributed by atoms with Gasteiger partial charge >= 0.3 is 0 Å². The van der Waals surface area contributed by atoms with Gasteiger partial charge in [0.15, 0.2) is 0 Å². The normalized spacial score (nSPS) is 11.6. The molecule has 1 atom stereocenters. The second-order valence-corrected chi connectivity index (χ2v) is 4.62. The quantitative estimate of drug-likeness (QED) is 0.618. The standard InChI is InChI=1S/C13H17N3O2S/c14-11(17)6-7-16-13(18)10(12(15)19)8-9-4-2-1-3-5-9/h1-5,10H,6-8H2,(H2,14,17)(H2,15,19)(H,16,18). The summed E-state index contributed by atoms with van der Waals surface area (Å²) < 4.78 is 0. The van der Waals surface area contributed by atoms with Crippen molar-refractivity contribution in [2.24, 2.45) is 17.4 Å². The zero-order valence-corrected chi connectivity index (χ0v) is 11.3. The Morgan fingerprint density at radius 1 is 1.21 bits per heavy atom. The molecule has 19 heavy (non-hydrogen) atoms. The number of carbonyl (C=O) groups is 2. The summed E-state index contributed by atoms with van der Waals surface area (Å²) in [5, 5.41) is 2.61. The van der Waals surface area contributed by atoms with Crippen molar-refractivity contribution < 1.29 is 9.59 Å². The topological polar surface area (TPSA) is 98.2 Å². The highest BCUT2D eigenvalue weighted by atomic mass is 32.1. The van der Waals surface area contributed by atoms with Gasteiger partial charge in [0.05, 0.1) is 10.9 Å². The average molecular weight is 279 g/mol. The van der Waals surface area contributed by atoms with Crippen molar-refractivity contribution in [3.05, 3.63) is 35.9 Å². The van der Waals surface area contributed by atoms with E-state index in [-0.39, 0.29) is 23.9 Å². The van der Waals surface area contributed by atoms with Crippen LogP contribution in [0.4, 0.5) is 0 Å². The largest absolute Gasteiger partial charge is 0.393 e. The number of amides is 2. The molecule has 0 radical (unpaired) electrons. The minimum Gasteiger partial charge on any atom is -0.393 e. The Hall–Kier alpha value is -1.95. The Labute approximate surface area is 117 Å². The van der Waals surface area contributed by atoms with Crippen LogP contribution in [0.2, 0.25) is 0 Å². The third-order valence-corrected chi connectivity index (χ3v) is 2.90. The molecule has 0 aliphatic rings. The van der Waals surface area contributed by atoms with Crippen molar-refractivity contribution in [3.8, 4) is 0 Å². The Morgan fingerprint density at radius 2 is 1.84 bits per heavy atom. The molecule has 102 valence electrons. The van der Waals surface area contributed by atoms with Crippen LogP contribution in [0.5, 0.6) is 0 Å². The molecule has 1 rings (SSSR count). The molecule has 0 saturated heterocycles. The lowest BCUT2D eigenvalue weighted by Crippen LogP contribution is -2.40. The molecular formula is C13H17N3O2S. The Morgan fingerprint density at radius 3 is 2.37 bits per heavy atom. The van der Waals surface area contributed by atoms with Gasteiger partial charge in [-0.05, 0) is 12.0 Å². The monoisotopic (exact) mass is 279 g/mol. The smallest absolute Gasteiger partial charge is 0.230 e. The van der Waals surface area contributed by atoms with Gasteiger partial charge in [0.2, 0.25) is 11.8 Å². The van der Waals surface area contributed by atoms with E-state index >= 15 is 0 Å². The third kappa shape index (κ3) is 5.48. The number of hydrogen-bond acceptors (Lipinski definition) is 3. The van der Waals surface area contributed by atoms with Crippen LogP contribution in [0.1, 0.15) is 12.0 Å². The van der Waals surface area contributed by atoms with E-state index in [1.807, 2.05) is 30.3 Å². The molecule has 1 unspecified atom stereocenters. The number of thiocarbonyl (C=S) groups is 1. The molecule has 0 aliphatic carbocycles. The van der Waals surface area contributed by atoms with E-state index in [0.29, 0.717) is 6.42 Å². The number of benzene rings is 1. The number of carbonyl (C=O) groups excluding carboxylic acids is 2. The van der Waals surface area contributed by atoms with Gasteiger partial charge in [0, 0.05) is 13.0 Å². The van der Waals surface area contributed by atoms with Crippen molar-refractivity contribution >= 4 is 29.0 Å². The van der Waals surface area contributed by atoms with Gasteiger partial charge < -0.3 is 16.8 Å². The van der Waals surface area contributed by atoms with Crippen molar-refractivity contribution in [3.63, 3.8) is 0 Å². The predicted molar refractivity (Wildman–Crippen MR) is 77.2 cm³/mol. The molecule has 1 aromatic carbocycles. The van der Waals surface area contributed by atoms with Crippen LogP contribution >= 0.6 is 12.2 Å². The molecule has 6 heteroatoms. The first-order valence-electron chi connectivity index (χ1n) is 5.90. The highest BCUT2D eigenvalue weighted by molar-refractivity contribution is 7.80. The van der Waals surface area contributed by atoms with Gasteiger partial charge in [0.1, 0.15) is 0 Å². The molecule has 0 bridgehead atoms. The van der Waals surface area contributed by atoms with Crippen LogP contribution in [0.25, 0.3) is 0 Å². The summed E-state index contributed by atoms with van der Waals surface area (Å²) in [4.78, 5) is 22.7. The zero-order valence-electron chi connectivity index (χ0n) is 10.5. The SMILES string of the molecule is NC(=O)CCNC(=O)C(Cc1ccccc1)C(N)=S. The third-order valence-electron chi connectivity index (χ3n) is 2.61. The fraction of sp³-hybridized carbons (Fsp3) is 0.308. The first-order chi connectivity index (χ1) is 9.00. The lowest BCUT2D eigenvalue weighted by Gasteiger charge is -2.15. The summed E-state index contributed by atoms with van der Waals surface area (Å²) in [5.74, 6) is -1.32. The Kier molecular flexibility index (Phi) is 5.95. The van der Waals surface area contributed by atoms with Crippen LogP contribution in [0.15, 0.2) is 30.3 Å². The molecular weight excluding hydrogens is 262 g/mol. The maximum atomic E-state index is 11.9. The molecule has 1 aromatic rings. The van der Waals surface area contributed by atoms with Crippen molar-refractivity contribution in [2.45, 2.75) is 12.8 Å². The lowest BCUT2D eigenvalue weighted by atomic mass is 9.98. The van der Waals surface area contributed by atoms with E-state index in [2.05, 4.69) is 5.32 Å². The molecule has 2 amide bonds. The molecule has 0 spiro atoms. The van der Waals surface area contributed by atoms with E-state index in [9.17, 15) is 9.59 Å². The van der Waals surface area contributed by atoms with E-state index in [4.69, 9.17) is 23.7 Å². The van der Waals surface area contributed by atoms with Crippen LogP contribution in [0.3, 0.4) is 0 Å². The highest BCUT2D eigenvalue weighted by Gasteiger charge is 2.21. The number of nitrogens with one attached hydrogen (secondary N) is 1.